The molecule has 118 valence electrons. The van der Waals surface area contributed by atoms with E-state index in [9.17, 15) is 9.59 Å². The van der Waals surface area contributed by atoms with E-state index in [1.54, 1.807) is 18.5 Å². The van der Waals surface area contributed by atoms with Gasteiger partial charge in [0.2, 0.25) is 12.3 Å². The Labute approximate surface area is 135 Å². The lowest BCUT2D eigenvalue weighted by molar-refractivity contribution is 0.0972. The number of carbonyl (C=O) groups is 1. The zero-order valence-corrected chi connectivity index (χ0v) is 12.5. The number of benzene rings is 1. The molecule has 0 aliphatic carbocycles. The highest BCUT2D eigenvalue weighted by Gasteiger charge is 2.14. The van der Waals surface area contributed by atoms with Crippen LogP contribution in [0.5, 0.6) is 0 Å². The number of nitrogens with zero attached hydrogens (tertiary/aromatic N) is 3. The standard InChI is InChI=1S/C17H12N4O3/c22-15(13-7-18-14-4-2-1-3-12(13)14)9-21-8-11(5-6-16(21)23)17-20-19-10-24-17/h1-8,10,18H,9H2. The van der Waals surface area contributed by atoms with Crippen molar-refractivity contribution in [3.05, 3.63) is 71.1 Å². The quantitative estimate of drug-likeness (QED) is 0.582. The van der Waals surface area contributed by atoms with Crippen molar-refractivity contribution < 1.29 is 9.21 Å². The largest absolute Gasteiger partial charge is 0.423 e. The summed E-state index contributed by atoms with van der Waals surface area (Å²) in [7, 11) is 0. The number of carbonyl (C=O) groups excluding carboxylic acids is 1. The summed E-state index contributed by atoms with van der Waals surface area (Å²) in [6.45, 7) is -0.0668. The third-order valence-corrected chi connectivity index (χ3v) is 3.79. The summed E-state index contributed by atoms with van der Waals surface area (Å²) in [5.41, 5.74) is 1.75. The topological polar surface area (TPSA) is 93.8 Å². The maximum absolute atomic E-state index is 12.6. The number of aromatic nitrogens is 4. The molecule has 3 heterocycles. The summed E-state index contributed by atoms with van der Waals surface area (Å²) in [6, 6.07) is 10.5. The molecular formula is C17H12N4O3. The van der Waals surface area contributed by atoms with Gasteiger partial charge in [-0.25, -0.2) is 0 Å². The van der Waals surface area contributed by atoms with Crippen LogP contribution >= 0.6 is 0 Å². The van der Waals surface area contributed by atoms with Crippen LogP contribution in [0.25, 0.3) is 22.4 Å². The van der Waals surface area contributed by atoms with Gasteiger partial charge < -0.3 is 14.0 Å². The molecule has 4 aromatic rings. The second-order valence-electron chi connectivity index (χ2n) is 5.30. The van der Waals surface area contributed by atoms with Gasteiger partial charge in [-0.05, 0) is 12.1 Å². The zero-order chi connectivity index (χ0) is 16.5. The van der Waals surface area contributed by atoms with Gasteiger partial charge in [0.25, 0.3) is 5.56 Å². The molecule has 1 N–H and O–H groups in total. The van der Waals surface area contributed by atoms with Crippen LogP contribution in [-0.2, 0) is 6.54 Å². The minimum atomic E-state index is -0.272. The molecule has 24 heavy (non-hydrogen) atoms. The van der Waals surface area contributed by atoms with Crippen LogP contribution in [0.3, 0.4) is 0 Å². The molecule has 0 atom stereocenters. The minimum Gasteiger partial charge on any atom is -0.423 e. The number of hydrogen-bond acceptors (Lipinski definition) is 5. The molecular weight excluding hydrogens is 308 g/mol. The molecule has 0 amide bonds. The molecule has 7 heteroatoms. The summed E-state index contributed by atoms with van der Waals surface area (Å²) >= 11 is 0. The molecule has 4 rings (SSSR count). The second kappa shape index (κ2) is 5.62. The van der Waals surface area contributed by atoms with Crippen LogP contribution in [-0.4, -0.2) is 25.5 Å². The van der Waals surface area contributed by atoms with Gasteiger partial charge in [-0.1, -0.05) is 18.2 Å². The Kier molecular flexibility index (Phi) is 3.31. The number of hydrogen-bond donors (Lipinski definition) is 1. The Bertz CT molecular complexity index is 1080. The van der Waals surface area contributed by atoms with E-state index in [0.29, 0.717) is 17.0 Å². The molecule has 0 aliphatic rings. The lowest BCUT2D eigenvalue weighted by Crippen LogP contribution is -2.23. The van der Waals surface area contributed by atoms with Gasteiger partial charge >= 0.3 is 0 Å². The maximum atomic E-state index is 12.6. The average molecular weight is 320 g/mol. The van der Waals surface area contributed by atoms with E-state index in [1.807, 2.05) is 24.3 Å². The highest BCUT2D eigenvalue weighted by Crippen LogP contribution is 2.19. The third kappa shape index (κ3) is 2.41. The number of nitrogens with one attached hydrogen (secondary N) is 1. The molecule has 7 nitrogen and oxygen atoms in total. The van der Waals surface area contributed by atoms with Crippen molar-refractivity contribution in [2.24, 2.45) is 0 Å². The summed E-state index contributed by atoms with van der Waals surface area (Å²) < 4.78 is 6.46. The predicted octanol–water partition coefficient (Wildman–Crippen LogP) is 2.26. The van der Waals surface area contributed by atoms with Crippen molar-refractivity contribution in [2.75, 3.05) is 0 Å². The average Bonchev–Trinajstić information content (AvgIpc) is 3.26. The monoisotopic (exact) mass is 320 g/mol. The third-order valence-electron chi connectivity index (χ3n) is 3.79. The molecule has 0 unspecified atom stereocenters. The van der Waals surface area contributed by atoms with Crippen molar-refractivity contribution in [1.29, 1.82) is 0 Å². The molecule has 0 saturated carbocycles. The van der Waals surface area contributed by atoms with E-state index < -0.39 is 0 Å². The van der Waals surface area contributed by atoms with Crippen molar-refractivity contribution in [3.8, 4) is 11.5 Å². The number of fused-ring (bicyclic) bond motifs is 1. The molecule has 0 fully saturated rings. The van der Waals surface area contributed by atoms with Gasteiger partial charge in [0.1, 0.15) is 0 Å². The second-order valence-corrected chi connectivity index (χ2v) is 5.30. The van der Waals surface area contributed by atoms with E-state index in [1.165, 1.54) is 17.0 Å². The molecule has 1 aromatic carbocycles. The van der Waals surface area contributed by atoms with Crippen LogP contribution < -0.4 is 5.56 Å². The molecule has 0 spiro atoms. The summed E-state index contributed by atoms with van der Waals surface area (Å²) in [5.74, 6) is 0.139. The Hall–Kier alpha value is -3.48. The number of pyridine rings is 1. The fraction of sp³-hybridized carbons (Fsp3) is 0.0588. The first-order chi connectivity index (χ1) is 11.7. The first-order valence-electron chi connectivity index (χ1n) is 7.29. The Balaban J connectivity index is 1.69. The number of ketones is 1. The summed E-state index contributed by atoms with van der Waals surface area (Å²) in [6.07, 6.45) is 4.42. The number of para-hydroxylation sites is 1. The van der Waals surface area contributed by atoms with Crippen LogP contribution in [0.2, 0.25) is 0 Å². The van der Waals surface area contributed by atoms with E-state index in [-0.39, 0.29) is 17.9 Å². The molecule has 0 aliphatic heterocycles. The molecule has 0 radical (unpaired) electrons. The molecule has 0 bridgehead atoms. The summed E-state index contributed by atoms with van der Waals surface area (Å²) in [5, 5.41) is 8.25. The van der Waals surface area contributed by atoms with E-state index in [0.717, 1.165) is 10.9 Å². The number of Topliss-reactive ketones (excluding diaryl/α,β-unsaturated/α-hetero) is 1. The van der Waals surface area contributed by atoms with E-state index in [2.05, 4.69) is 15.2 Å². The Morgan fingerprint density at radius 2 is 2.08 bits per heavy atom. The smallest absolute Gasteiger partial charge is 0.250 e. The maximum Gasteiger partial charge on any atom is 0.250 e. The van der Waals surface area contributed by atoms with E-state index in [4.69, 9.17) is 4.42 Å². The highest BCUT2D eigenvalue weighted by molar-refractivity contribution is 6.07. The fourth-order valence-corrected chi connectivity index (χ4v) is 2.62. The van der Waals surface area contributed by atoms with Gasteiger partial charge in [-0.3, -0.25) is 9.59 Å². The van der Waals surface area contributed by atoms with Crippen LogP contribution in [0.1, 0.15) is 10.4 Å². The van der Waals surface area contributed by atoms with Gasteiger partial charge in [-0.2, -0.15) is 0 Å². The molecule has 3 aromatic heterocycles. The van der Waals surface area contributed by atoms with Gasteiger partial charge in [0, 0.05) is 34.9 Å². The first-order valence-corrected chi connectivity index (χ1v) is 7.29. The van der Waals surface area contributed by atoms with Gasteiger partial charge in [0.05, 0.1) is 12.1 Å². The lowest BCUT2D eigenvalue weighted by Gasteiger charge is -2.05. The minimum absolute atomic E-state index is 0.0668. The van der Waals surface area contributed by atoms with Crippen LogP contribution in [0.15, 0.2) is 64.4 Å². The summed E-state index contributed by atoms with van der Waals surface area (Å²) in [4.78, 5) is 27.7. The van der Waals surface area contributed by atoms with Crippen molar-refractivity contribution in [1.82, 2.24) is 19.7 Å². The first kappa shape index (κ1) is 14.1. The highest BCUT2D eigenvalue weighted by atomic mass is 16.4. The van der Waals surface area contributed by atoms with E-state index >= 15 is 0 Å². The van der Waals surface area contributed by atoms with Crippen molar-refractivity contribution in [2.45, 2.75) is 6.54 Å². The number of rotatable bonds is 4. The number of H-pyrrole nitrogens is 1. The Morgan fingerprint density at radius 3 is 2.92 bits per heavy atom. The normalized spacial score (nSPS) is 11.0. The van der Waals surface area contributed by atoms with Gasteiger partial charge in [-0.15, -0.1) is 10.2 Å². The number of aromatic amines is 1. The van der Waals surface area contributed by atoms with Crippen LogP contribution in [0.4, 0.5) is 0 Å². The van der Waals surface area contributed by atoms with Crippen LogP contribution in [0, 0.1) is 0 Å². The predicted molar refractivity (Wildman–Crippen MR) is 86.6 cm³/mol. The molecule has 0 saturated heterocycles. The Morgan fingerprint density at radius 1 is 1.21 bits per heavy atom. The lowest BCUT2D eigenvalue weighted by atomic mass is 10.1. The SMILES string of the molecule is O=C(Cn1cc(-c2nnco2)ccc1=O)c1c[nH]c2ccccc12. The van der Waals surface area contributed by atoms with Crippen molar-refractivity contribution in [3.63, 3.8) is 0 Å². The fourth-order valence-electron chi connectivity index (χ4n) is 2.62. The van der Waals surface area contributed by atoms with Crippen molar-refractivity contribution >= 4 is 16.7 Å². The van der Waals surface area contributed by atoms with Gasteiger partial charge in [0.15, 0.2) is 5.78 Å². The zero-order valence-electron chi connectivity index (χ0n) is 12.5.